The molecule has 146 valence electrons. The van der Waals surface area contributed by atoms with Gasteiger partial charge in [-0.2, -0.15) is 0 Å². The van der Waals surface area contributed by atoms with Crippen LogP contribution in [0.25, 0.3) is 0 Å². The van der Waals surface area contributed by atoms with Gasteiger partial charge in [-0.3, -0.25) is 4.79 Å². The van der Waals surface area contributed by atoms with Crippen molar-refractivity contribution in [2.45, 2.75) is 30.7 Å². The number of hydrogen-bond acceptors (Lipinski definition) is 4. The van der Waals surface area contributed by atoms with Crippen LogP contribution in [0.3, 0.4) is 0 Å². The molecule has 0 saturated heterocycles. The topological polar surface area (TPSA) is 89.4 Å². The third kappa shape index (κ3) is 3.54. The number of benzene rings is 1. The largest absolute Gasteiger partial charge is 0.488 e. The monoisotopic (exact) mass is 399 g/mol. The third-order valence-corrected chi connectivity index (χ3v) is 6.11. The third-order valence-electron chi connectivity index (χ3n) is 4.48. The van der Waals surface area contributed by atoms with Crippen LogP contribution in [0.15, 0.2) is 29.3 Å². The number of carbonyl (C=O) groups is 1. The quantitative estimate of drug-likeness (QED) is 0.830. The molecule has 0 aliphatic carbocycles. The van der Waals surface area contributed by atoms with Crippen molar-refractivity contribution in [2.24, 2.45) is 7.05 Å². The van der Waals surface area contributed by atoms with Gasteiger partial charge >= 0.3 is 0 Å². The summed E-state index contributed by atoms with van der Waals surface area (Å²) in [5, 5.41) is 2.42. The highest BCUT2D eigenvalue weighted by Gasteiger charge is 2.39. The van der Waals surface area contributed by atoms with Crippen molar-refractivity contribution in [3.63, 3.8) is 0 Å². The van der Waals surface area contributed by atoms with Crippen LogP contribution in [0, 0.1) is 11.6 Å². The minimum atomic E-state index is -3.90. The molecule has 0 radical (unpaired) electrons. The van der Waals surface area contributed by atoms with Gasteiger partial charge in [0, 0.05) is 25.0 Å². The fourth-order valence-corrected chi connectivity index (χ4v) is 4.41. The minimum absolute atomic E-state index is 0.0295. The Bertz CT molecular complexity index is 1020. The SMILES string of the molecule is CCC1(C)COc2c(cn(C)c2C(=O)Nc2ccc(F)c(F)c2)S(=O)(=O)N1. The molecule has 2 aromatic rings. The molecule has 1 unspecified atom stereocenters. The Morgan fingerprint density at radius 1 is 1.37 bits per heavy atom. The summed E-state index contributed by atoms with van der Waals surface area (Å²) in [6.07, 6.45) is 1.76. The molecule has 1 aromatic heterocycles. The number of anilines is 1. The zero-order chi connectivity index (χ0) is 20.0. The van der Waals surface area contributed by atoms with Crippen LogP contribution >= 0.6 is 0 Å². The van der Waals surface area contributed by atoms with E-state index in [0.717, 1.165) is 12.1 Å². The molecule has 1 amide bonds. The molecule has 10 heteroatoms. The van der Waals surface area contributed by atoms with Gasteiger partial charge in [-0.1, -0.05) is 6.92 Å². The van der Waals surface area contributed by atoms with Gasteiger partial charge in [0.1, 0.15) is 11.5 Å². The van der Waals surface area contributed by atoms with Gasteiger partial charge in [0.15, 0.2) is 23.1 Å². The maximum Gasteiger partial charge on any atom is 0.276 e. The van der Waals surface area contributed by atoms with Crippen LogP contribution in [0.1, 0.15) is 30.8 Å². The highest BCUT2D eigenvalue weighted by atomic mass is 32.2. The summed E-state index contributed by atoms with van der Waals surface area (Å²) in [5.74, 6) is -2.94. The molecule has 0 bridgehead atoms. The van der Waals surface area contributed by atoms with Gasteiger partial charge in [-0.25, -0.2) is 21.9 Å². The molecular weight excluding hydrogens is 380 g/mol. The first-order valence-corrected chi connectivity index (χ1v) is 9.67. The Morgan fingerprint density at radius 3 is 2.70 bits per heavy atom. The maximum atomic E-state index is 13.4. The van der Waals surface area contributed by atoms with Crippen molar-refractivity contribution >= 4 is 21.6 Å². The van der Waals surface area contributed by atoms with Gasteiger partial charge in [-0.15, -0.1) is 0 Å². The molecule has 2 heterocycles. The van der Waals surface area contributed by atoms with Gasteiger partial charge in [0.2, 0.25) is 10.0 Å². The van der Waals surface area contributed by atoms with Crippen molar-refractivity contribution < 1.29 is 26.7 Å². The number of nitrogens with one attached hydrogen (secondary N) is 2. The molecule has 2 N–H and O–H groups in total. The smallest absolute Gasteiger partial charge is 0.276 e. The van der Waals surface area contributed by atoms with Crippen LogP contribution in [0.4, 0.5) is 14.5 Å². The van der Waals surface area contributed by atoms with Crippen molar-refractivity contribution in [3.05, 3.63) is 41.7 Å². The van der Waals surface area contributed by atoms with E-state index in [1.165, 1.54) is 23.9 Å². The lowest BCUT2D eigenvalue weighted by Crippen LogP contribution is -2.48. The van der Waals surface area contributed by atoms with Gasteiger partial charge in [-0.05, 0) is 25.5 Å². The molecule has 1 aromatic carbocycles. The van der Waals surface area contributed by atoms with E-state index < -0.39 is 33.1 Å². The number of nitrogens with zero attached hydrogens (tertiary/aromatic N) is 1. The number of carbonyl (C=O) groups excluding carboxylic acids is 1. The molecule has 0 spiro atoms. The van der Waals surface area contributed by atoms with Gasteiger partial charge in [0.05, 0.1) is 5.54 Å². The van der Waals surface area contributed by atoms with Crippen LogP contribution in [0.5, 0.6) is 5.75 Å². The number of aromatic nitrogens is 1. The number of hydrogen-bond donors (Lipinski definition) is 2. The second-order valence-electron chi connectivity index (χ2n) is 6.67. The molecule has 1 aliphatic rings. The van der Waals surface area contributed by atoms with Crippen LogP contribution in [0.2, 0.25) is 0 Å². The number of sulfonamides is 1. The molecule has 1 aliphatic heterocycles. The fourth-order valence-electron chi connectivity index (χ4n) is 2.75. The number of rotatable bonds is 3. The van der Waals surface area contributed by atoms with Crippen LogP contribution in [-0.4, -0.2) is 31.0 Å². The number of fused-ring (bicyclic) bond motifs is 1. The number of aryl methyl sites for hydroxylation is 1. The highest BCUT2D eigenvalue weighted by molar-refractivity contribution is 7.89. The molecule has 27 heavy (non-hydrogen) atoms. The second-order valence-corrected chi connectivity index (χ2v) is 8.32. The van der Waals surface area contributed by atoms with Crippen molar-refractivity contribution in [1.82, 2.24) is 9.29 Å². The lowest BCUT2D eigenvalue weighted by Gasteiger charge is -2.26. The Morgan fingerprint density at radius 2 is 2.07 bits per heavy atom. The van der Waals surface area contributed by atoms with Gasteiger partial charge in [0.25, 0.3) is 5.91 Å². The van der Waals surface area contributed by atoms with E-state index in [-0.39, 0.29) is 28.6 Å². The molecule has 0 fully saturated rings. The zero-order valence-electron chi connectivity index (χ0n) is 15.0. The second kappa shape index (κ2) is 6.61. The highest BCUT2D eigenvalue weighted by Crippen LogP contribution is 2.35. The lowest BCUT2D eigenvalue weighted by atomic mass is 10.0. The van der Waals surface area contributed by atoms with E-state index in [4.69, 9.17) is 4.74 Å². The first-order chi connectivity index (χ1) is 12.6. The molecule has 3 rings (SSSR count). The number of halogens is 2. The predicted octanol–water partition coefficient (Wildman–Crippen LogP) is 2.40. The Hall–Kier alpha value is -2.46. The lowest BCUT2D eigenvalue weighted by molar-refractivity contribution is 0.101. The number of amides is 1. The zero-order valence-corrected chi connectivity index (χ0v) is 15.8. The first-order valence-electron chi connectivity index (χ1n) is 8.19. The standard InChI is InChI=1S/C17H19F2N3O4S/c1-4-17(2)9-26-15-13(27(24,25)21-17)8-22(3)14(15)16(23)20-10-5-6-11(18)12(19)7-10/h5-8,21H,4,9H2,1-3H3,(H,20,23). The Kier molecular flexibility index (Phi) is 4.73. The molecule has 0 saturated carbocycles. The average molecular weight is 399 g/mol. The van der Waals surface area contributed by atoms with E-state index in [0.29, 0.717) is 6.42 Å². The predicted molar refractivity (Wildman–Crippen MR) is 94.2 cm³/mol. The van der Waals surface area contributed by atoms with E-state index in [1.54, 1.807) is 6.92 Å². The van der Waals surface area contributed by atoms with Gasteiger partial charge < -0.3 is 14.6 Å². The van der Waals surface area contributed by atoms with E-state index in [2.05, 4.69) is 10.0 Å². The molecular formula is C17H19F2N3O4S. The molecule has 1 atom stereocenters. The summed E-state index contributed by atoms with van der Waals surface area (Å²) >= 11 is 0. The van der Waals surface area contributed by atoms with E-state index in [9.17, 15) is 22.0 Å². The Labute approximate surface area is 155 Å². The summed E-state index contributed by atoms with van der Waals surface area (Å²) in [6.45, 7) is 3.56. The van der Waals surface area contributed by atoms with E-state index in [1.807, 2.05) is 6.92 Å². The fraction of sp³-hybridized carbons (Fsp3) is 0.353. The van der Waals surface area contributed by atoms with Crippen molar-refractivity contribution in [2.75, 3.05) is 11.9 Å². The maximum absolute atomic E-state index is 13.4. The van der Waals surface area contributed by atoms with Crippen molar-refractivity contribution in [3.8, 4) is 5.75 Å². The summed E-state index contributed by atoms with van der Waals surface area (Å²) in [6, 6.07) is 2.92. The first kappa shape index (κ1) is 19.3. The Balaban J connectivity index is 2.00. The summed E-state index contributed by atoms with van der Waals surface area (Å²) < 4.78 is 61.3. The number of ether oxygens (including phenoxy) is 1. The van der Waals surface area contributed by atoms with E-state index >= 15 is 0 Å². The minimum Gasteiger partial charge on any atom is -0.488 e. The van der Waals surface area contributed by atoms with Crippen molar-refractivity contribution in [1.29, 1.82) is 0 Å². The average Bonchev–Trinajstić information content (AvgIpc) is 2.89. The summed E-state index contributed by atoms with van der Waals surface area (Å²) in [5.41, 5.74) is -0.834. The van der Waals surface area contributed by atoms with Crippen LogP contribution in [-0.2, 0) is 17.1 Å². The normalized spacial score (nSPS) is 21.1. The molecule has 7 nitrogen and oxygen atoms in total. The van der Waals surface area contributed by atoms with Crippen LogP contribution < -0.4 is 14.8 Å². The summed E-state index contributed by atoms with van der Waals surface area (Å²) in [7, 11) is -2.41. The summed E-state index contributed by atoms with van der Waals surface area (Å²) in [4.78, 5) is 12.5.